The minimum absolute atomic E-state index is 0.109. The van der Waals surface area contributed by atoms with Crippen LogP contribution in [0.5, 0.6) is 0 Å². The maximum Gasteiger partial charge on any atom is 0.243 e. The van der Waals surface area contributed by atoms with Crippen LogP contribution in [-0.4, -0.2) is 30.8 Å². The molecule has 2 N–H and O–H groups in total. The minimum Gasteiger partial charge on any atom is -0.384 e. The van der Waals surface area contributed by atoms with E-state index in [0.717, 1.165) is 25.7 Å². The third kappa shape index (κ3) is 2.64. The van der Waals surface area contributed by atoms with Crippen LogP contribution in [0, 0.1) is 0 Å². The van der Waals surface area contributed by atoms with Crippen LogP contribution in [-0.2, 0) is 10.0 Å². The molecule has 0 radical (unpaired) electrons. The molecular formula is C12H19N3O2S. The highest BCUT2D eigenvalue weighted by Gasteiger charge is 2.29. The maximum absolute atomic E-state index is 12.4. The zero-order valence-corrected chi connectivity index (χ0v) is 11.4. The van der Waals surface area contributed by atoms with Gasteiger partial charge in [-0.2, -0.15) is 4.31 Å². The van der Waals surface area contributed by atoms with Gasteiger partial charge in [-0.1, -0.05) is 19.3 Å². The molecule has 0 atom stereocenters. The molecule has 6 heteroatoms. The summed E-state index contributed by atoms with van der Waals surface area (Å²) in [5.74, 6) is 0.230. The Labute approximate surface area is 108 Å². The van der Waals surface area contributed by atoms with E-state index < -0.39 is 10.0 Å². The summed E-state index contributed by atoms with van der Waals surface area (Å²) in [5.41, 5.74) is 5.54. The van der Waals surface area contributed by atoms with Gasteiger partial charge in [0.15, 0.2) is 0 Å². The number of rotatable bonds is 3. The number of hydrogen-bond acceptors (Lipinski definition) is 4. The van der Waals surface area contributed by atoms with Crippen molar-refractivity contribution in [2.45, 2.75) is 43.0 Å². The summed E-state index contributed by atoms with van der Waals surface area (Å²) in [7, 11) is -1.79. The van der Waals surface area contributed by atoms with Crippen molar-refractivity contribution >= 4 is 15.8 Å². The second kappa shape index (κ2) is 5.24. The maximum atomic E-state index is 12.4. The van der Waals surface area contributed by atoms with Crippen molar-refractivity contribution in [3.05, 3.63) is 18.3 Å². The van der Waals surface area contributed by atoms with E-state index in [0.29, 0.717) is 0 Å². The lowest BCUT2D eigenvalue weighted by Gasteiger charge is -2.30. The molecule has 0 aromatic carbocycles. The number of nitrogen functional groups attached to an aromatic ring is 1. The minimum atomic E-state index is -3.45. The van der Waals surface area contributed by atoms with Crippen LogP contribution in [0.25, 0.3) is 0 Å². The first-order chi connectivity index (χ1) is 8.51. The molecular weight excluding hydrogens is 250 g/mol. The fourth-order valence-electron chi connectivity index (χ4n) is 2.40. The number of pyridine rings is 1. The predicted molar refractivity (Wildman–Crippen MR) is 70.5 cm³/mol. The van der Waals surface area contributed by atoms with E-state index in [1.807, 2.05) is 0 Å². The third-order valence-corrected chi connectivity index (χ3v) is 5.42. The van der Waals surface area contributed by atoms with Gasteiger partial charge >= 0.3 is 0 Å². The van der Waals surface area contributed by atoms with Crippen molar-refractivity contribution in [3.8, 4) is 0 Å². The summed E-state index contributed by atoms with van der Waals surface area (Å²) < 4.78 is 26.3. The lowest BCUT2D eigenvalue weighted by Crippen LogP contribution is -2.38. The van der Waals surface area contributed by atoms with Gasteiger partial charge in [0.05, 0.1) is 4.90 Å². The van der Waals surface area contributed by atoms with Crippen LogP contribution in [0.15, 0.2) is 23.2 Å². The van der Waals surface area contributed by atoms with Crippen molar-refractivity contribution in [2.75, 3.05) is 12.8 Å². The molecule has 0 unspecified atom stereocenters. The SMILES string of the molecule is CN(C1CCCCC1)S(=O)(=O)c1ccnc(N)c1. The molecule has 0 spiro atoms. The van der Waals surface area contributed by atoms with Crippen molar-refractivity contribution in [3.63, 3.8) is 0 Å². The molecule has 1 heterocycles. The van der Waals surface area contributed by atoms with Crippen molar-refractivity contribution < 1.29 is 8.42 Å². The van der Waals surface area contributed by atoms with Gasteiger partial charge in [-0.25, -0.2) is 13.4 Å². The van der Waals surface area contributed by atoms with E-state index in [9.17, 15) is 8.42 Å². The summed E-state index contributed by atoms with van der Waals surface area (Å²) in [6.45, 7) is 0. The van der Waals surface area contributed by atoms with Crippen LogP contribution in [0.1, 0.15) is 32.1 Å². The molecule has 0 amide bonds. The molecule has 1 aliphatic rings. The average molecular weight is 269 g/mol. The normalized spacial score (nSPS) is 18.1. The van der Waals surface area contributed by atoms with E-state index >= 15 is 0 Å². The molecule has 1 aliphatic carbocycles. The van der Waals surface area contributed by atoms with Crippen LogP contribution >= 0.6 is 0 Å². The molecule has 1 fully saturated rings. The number of aromatic nitrogens is 1. The summed E-state index contributed by atoms with van der Waals surface area (Å²) in [5, 5.41) is 0. The molecule has 18 heavy (non-hydrogen) atoms. The molecule has 0 saturated heterocycles. The molecule has 1 aromatic heterocycles. The van der Waals surface area contributed by atoms with E-state index in [4.69, 9.17) is 5.73 Å². The van der Waals surface area contributed by atoms with Gasteiger partial charge in [-0.3, -0.25) is 0 Å². The number of hydrogen-bond donors (Lipinski definition) is 1. The third-order valence-electron chi connectivity index (χ3n) is 3.52. The highest BCUT2D eigenvalue weighted by molar-refractivity contribution is 7.89. The molecule has 100 valence electrons. The van der Waals surface area contributed by atoms with Crippen molar-refractivity contribution in [1.82, 2.24) is 9.29 Å². The summed E-state index contributed by atoms with van der Waals surface area (Å²) in [4.78, 5) is 4.05. The highest BCUT2D eigenvalue weighted by Crippen LogP contribution is 2.26. The number of sulfonamides is 1. The predicted octanol–water partition coefficient (Wildman–Crippen LogP) is 1.62. The lowest BCUT2D eigenvalue weighted by molar-refractivity contribution is 0.286. The quantitative estimate of drug-likeness (QED) is 0.904. The molecule has 5 nitrogen and oxygen atoms in total. The molecule has 2 rings (SSSR count). The molecule has 1 aromatic rings. The summed E-state index contributed by atoms with van der Waals surface area (Å²) >= 11 is 0. The average Bonchev–Trinajstić information content (AvgIpc) is 2.39. The standard InChI is InChI=1S/C12H19N3O2S/c1-15(10-5-3-2-4-6-10)18(16,17)11-7-8-14-12(13)9-11/h7-10H,2-6H2,1H3,(H2,13,14). The molecule has 0 bridgehead atoms. The van der Waals surface area contributed by atoms with Crippen LogP contribution in [0.2, 0.25) is 0 Å². The fraction of sp³-hybridized carbons (Fsp3) is 0.583. The Balaban J connectivity index is 2.24. The summed E-state index contributed by atoms with van der Waals surface area (Å²) in [6, 6.07) is 3.01. The van der Waals surface area contributed by atoms with E-state index in [2.05, 4.69) is 4.98 Å². The van der Waals surface area contributed by atoms with Gasteiger partial charge in [0, 0.05) is 25.4 Å². The molecule has 0 aliphatic heterocycles. The van der Waals surface area contributed by atoms with Crippen molar-refractivity contribution in [1.29, 1.82) is 0 Å². The van der Waals surface area contributed by atoms with E-state index in [1.165, 1.54) is 29.1 Å². The van der Waals surface area contributed by atoms with Crippen LogP contribution < -0.4 is 5.73 Å². The smallest absolute Gasteiger partial charge is 0.243 e. The van der Waals surface area contributed by atoms with Gasteiger partial charge in [-0.15, -0.1) is 0 Å². The second-order valence-corrected chi connectivity index (χ2v) is 6.73. The van der Waals surface area contributed by atoms with Crippen LogP contribution in [0.3, 0.4) is 0 Å². The fourth-order valence-corrected chi connectivity index (χ4v) is 3.83. The van der Waals surface area contributed by atoms with Gasteiger partial charge in [0.1, 0.15) is 5.82 Å². The van der Waals surface area contributed by atoms with Crippen molar-refractivity contribution in [2.24, 2.45) is 0 Å². The zero-order valence-electron chi connectivity index (χ0n) is 10.5. The Hall–Kier alpha value is -1.14. The molecule has 1 saturated carbocycles. The van der Waals surface area contributed by atoms with Gasteiger partial charge in [0.2, 0.25) is 10.0 Å². The van der Waals surface area contributed by atoms with E-state index in [1.54, 1.807) is 7.05 Å². The topological polar surface area (TPSA) is 76.3 Å². The Bertz CT molecular complexity index is 510. The summed E-state index contributed by atoms with van der Waals surface area (Å²) in [6.07, 6.45) is 6.71. The highest BCUT2D eigenvalue weighted by atomic mass is 32.2. The van der Waals surface area contributed by atoms with E-state index in [-0.39, 0.29) is 16.8 Å². The second-order valence-electron chi connectivity index (χ2n) is 4.73. The zero-order chi connectivity index (χ0) is 13.2. The van der Waals surface area contributed by atoms with Crippen LogP contribution in [0.4, 0.5) is 5.82 Å². The van der Waals surface area contributed by atoms with Gasteiger partial charge in [0.25, 0.3) is 0 Å². The lowest BCUT2D eigenvalue weighted by atomic mass is 9.96. The number of anilines is 1. The Morgan fingerprint density at radius 2 is 2.00 bits per heavy atom. The Morgan fingerprint density at radius 3 is 2.61 bits per heavy atom. The largest absolute Gasteiger partial charge is 0.384 e. The monoisotopic (exact) mass is 269 g/mol. The Kier molecular flexibility index (Phi) is 3.87. The first-order valence-electron chi connectivity index (χ1n) is 6.21. The number of nitrogens with zero attached hydrogens (tertiary/aromatic N) is 2. The van der Waals surface area contributed by atoms with Gasteiger partial charge < -0.3 is 5.73 Å². The first kappa shape index (κ1) is 13.3. The van der Waals surface area contributed by atoms with Gasteiger partial charge in [-0.05, 0) is 18.9 Å². The number of nitrogens with two attached hydrogens (primary N) is 1. The Morgan fingerprint density at radius 1 is 1.33 bits per heavy atom. The first-order valence-corrected chi connectivity index (χ1v) is 7.65.